The van der Waals surface area contributed by atoms with Crippen LogP contribution in [0.3, 0.4) is 0 Å². The lowest BCUT2D eigenvalue weighted by molar-refractivity contribution is -0.121. The van der Waals surface area contributed by atoms with Crippen LogP contribution in [0.5, 0.6) is 5.75 Å². The van der Waals surface area contributed by atoms with Gasteiger partial charge in [0.1, 0.15) is 5.75 Å². The minimum absolute atomic E-state index is 0.133. The van der Waals surface area contributed by atoms with E-state index in [1.54, 1.807) is 24.5 Å². The number of phenols is 1. The quantitative estimate of drug-likeness (QED) is 0.803. The summed E-state index contributed by atoms with van der Waals surface area (Å²) in [7, 11) is 0. The topological polar surface area (TPSA) is 67.3 Å². The Kier molecular flexibility index (Phi) is 5.42. The summed E-state index contributed by atoms with van der Waals surface area (Å²) in [6.07, 6.45) is 8.64. The summed E-state index contributed by atoms with van der Waals surface area (Å²) in [5, 5.41) is 9.95. The molecule has 4 heteroatoms. The molecule has 2 aromatic rings. The first-order valence-electron chi connectivity index (χ1n) is 8.72. The SMILES string of the molecule is Cc1ccc(CCCC(=O)C2=CC(c3ccncc3)=CCC2=O)c(O)c1. The number of rotatable bonds is 6. The molecule has 1 aromatic carbocycles. The molecule has 1 aliphatic rings. The van der Waals surface area contributed by atoms with Crippen molar-refractivity contribution in [2.75, 3.05) is 0 Å². The maximum Gasteiger partial charge on any atom is 0.170 e. The number of carbonyl (C=O) groups is 2. The van der Waals surface area contributed by atoms with Gasteiger partial charge in [0.05, 0.1) is 5.57 Å². The number of benzene rings is 1. The molecule has 0 saturated heterocycles. The van der Waals surface area contributed by atoms with E-state index in [0.29, 0.717) is 12.8 Å². The van der Waals surface area contributed by atoms with Gasteiger partial charge in [-0.15, -0.1) is 0 Å². The van der Waals surface area contributed by atoms with Crippen molar-refractivity contribution in [3.63, 3.8) is 0 Å². The number of hydrogen-bond donors (Lipinski definition) is 1. The van der Waals surface area contributed by atoms with Gasteiger partial charge in [-0.05, 0) is 66.3 Å². The van der Waals surface area contributed by atoms with Gasteiger partial charge in [0.2, 0.25) is 0 Å². The second kappa shape index (κ2) is 7.91. The fourth-order valence-corrected chi connectivity index (χ4v) is 3.05. The number of aryl methyl sites for hydroxylation is 2. The van der Waals surface area contributed by atoms with Crippen molar-refractivity contribution in [1.82, 2.24) is 4.98 Å². The predicted octanol–water partition coefficient (Wildman–Crippen LogP) is 3.97. The number of ketones is 2. The van der Waals surface area contributed by atoms with Crippen molar-refractivity contribution in [3.05, 3.63) is 77.1 Å². The molecule has 132 valence electrons. The lowest BCUT2D eigenvalue weighted by atomic mass is 9.90. The summed E-state index contributed by atoms with van der Waals surface area (Å²) < 4.78 is 0. The molecule has 1 N–H and O–H groups in total. The van der Waals surface area contributed by atoms with E-state index in [1.807, 2.05) is 37.3 Å². The van der Waals surface area contributed by atoms with Gasteiger partial charge in [0, 0.05) is 25.2 Å². The van der Waals surface area contributed by atoms with Gasteiger partial charge in [-0.3, -0.25) is 14.6 Å². The third-order valence-electron chi connectivity index (χ3n) is 4.51. The van der Waals surface area contributed by atoms with Crippen LogP contribution in [0.4, 0.5) is 0 Å². The highest BCUT2D eigenvalue weighted by Gasteiger charge is 2.21. The molecule has 26 heavy (non-hydrogen) atoms. The van der Waals surface area contributed by atoms with Crippen LogP contribution in [-0.4, -0.2) is 21.7 Å². The summed E-state index contributed by atoms with van der Waals surface area (Å²) in [6.45, 7) is 1.92. The molecule has 3 rings (SSSR count). The van der Waals surface area contributed by atoms with E-state index >= 15 is 0 Å². The molecule has 0 spiro atoms. The second-order valence-corrected chi connectivity index (χ2v) is 6.49. The Morgan fingerprint density at radius 2 is 1.96 bits per heavy atom. The fourth-order valence-electron chi connectivity index (χ4n) is 3.05. The van der Waals surface area contributed by atoms with Crippen LogP contribution in [0.2, 0.25) is 0 Å². The molecule has 0 unspecified atom stereocenters. The smallest absolute Gasteiger partial charge is 0.170 e. The molecule has 0 atom stereocenters. The molecule has 4 nitrogen and oxygen atoms in total. The van der Waals surface area contributed by atoms with Gasteiger partial charge in [-0.25, -0.2) is 0 Å². The van der Waals surface area contributed by atoms with Gasteiger partial charge in [-0.2, -0.15) is 0 Å². The van der Waals surface area contributed by atoms with E-state index in [-0.39, 0.29) is 35.7 Å². The summed E-state index contributed by atoms with van der Waals surface area (Å²) in [4.78, 5) is 28.7. The zero-order chi connectivity index (χ0) is 18.5. The number of nitrogens with zero attached hydrogens (tertiary/aromatic N) is 1. The van der Waals surface area contributed by atoms with Crippen LogP contribution in [-0.2, 0) is 16.0 Å². The first-order chi connectivity index (χ1) is 12.5. The van der Waals surface area contributed by atoms with Crippen molar-refractivity contribution in [2.24, 2.45) is 0 Å². The summed E-state index contributed by atoms with van der Waals surface area (Å²) in [5.74, 6) is -0.0134. The van der Waals surface area contributed by atoms with Gasteiger partial charge in [-0.1, -0.05) is 18.2 Å². The third-order valence-corrected chi connectivity index (χ3v) is 4.51. The van der Waals surface area contributed by atoms with Crippen LogP contribution < -0.4 is 0 Å². The normalized spacial score (nSPS) is 14.0. The zero-order valence-electron chi connectivity index (χ0n) is 14.7. The zero-order valence-corrected chi connectivity index (χ0v) is 14.7. The number of phenolic OH excluding ortho intramolecular Hbond substituents is 1. The Balaban J connectivity index is 1.65. The highest BCUT2D eigenvalue weighted by Crippen LogP contribution is 2.25. The number of aromatic nitrogens is 1. The first-order valence-corrected chi connectivity index (χ1v) is 8.72. The van der Waals surface area contributed by atoms with Crippen LogP contribution in [0, 0.1) is 6.92 Å². The van der Waals surface area contributed by atoms with E-state index in [4.69, 9.17) is 0 Å². The van der Waals surface area contributed by atoms with Gasteiger partial charge in [0.25, 0.3) is 0 Å². The minimum atomic E-state index is -0.138. The molecule has 0 amide bonds. The van der Waals surface area contributed by atoms with Gasteiger partial charge < -0.3 is 5.11 Å². The van der Waals surface area contributed by atoms with E-state index in [9.17, 15) is 14.7 Å². The molecular weight excluding hydrogens is 326 g/mol. The van der Waals surface area contributed by atoms with Crippen molar-refractivity contribution in [2.45, 2.75) is 32.6 Å². The first kappa shape index (κ1) is 17.8. The summed E-state index contributed by atoms with van der Waals surface area (Å²) in [6, 6.07) is 9.26. The number of pyridine rings is 1. The number of allylic oxidation sites excluding steroid dienone is 4. The number of aromatic hydroxyl groups is 1. The van der Waals surface area contributed by atoms with Crippen molar-refractivity contribution in [3.8, 4) is 5.75 Å². The van der Waals surface area contributed by atoms with E-state index < -0.39 is 0 Å². The maximum absolute atomic E-state index is 12.5. The van der Waals surface area contributed by atoms with Crippen LogP contribution in [0.25, 0.3) is 5.57 Å². The number of Topliss-reactive ketones (excluding diaryl/α,β-unsaturated/α-hetero) is 2. The molecule has 1 aliphatic carbocycles. The van der Waals surface area contributed by atoms with E-state index in [1.165, 1.54) is 0 Å². The van der Waals surface area contributed by atoms with Crippen LogP contribution in [0.1, 0.15) is 36.0 Å². The Morgan fingerprint density at radius 1 is 1.19 bits per heavy atom. The third kappa shape index (κ3) is 4.14. The highest BCUT2D eigenvalue weighted by molar-refractivity contribution is 6.23. The van der Waals surface area contributed by atoms with E-state index in [2.05, 4.69) is 4.98 Å². The average molecular weight is 347 g/mol. The minimum Gasteiger partial charge on any atom is -0.508 e. The maximum atomic E-state index is 12.5. The molecule has 0 fully saturated rings. The lowest BCUT2D eigenvalue weighted by Gasteiger charge is -2.13. The van der Waals surface area contributed by atoms with Crippen LogP contribution >= 0.6 is 0 Å². The van der Waals surface area contributed by atoms with E-state index in [0.717, 1.165) is 22.3 Å². The fraction of sp³-hybridized carbons (Fsp3) is 0.227. The Morgan fingerprint density at radius 3 is 2.69 bits per heavy atom. The number of hydrogen-bond acceptors (Lipinski definition) is 4. The summed E-state index contributed by atoms with van der Waals surface area (Å²) in [5.41, 5.74) is 3.92. The molecular formula is C22H21NO3. The Labute approximate surface area is 152 Å². The molecule has 0 bridgehead atoms. The average Bonchev–Trinajstić information content (AvgIpc) is 2.64. The Bertz CT molecular complexity index is 895. The van der Waals surface area contributed by atoms with Crippen molar-refractivity contribution >= 4 is 17.1 Å². The predicted molar refractivity (Wildman–Crippen MR) is 101 cm³/mol. The number of carbonyl (C=O) groups excluding carboxylic acids is 2. The van der Waals surface area contributed by atoms with Gasteiger partial charge >= 0.3 is 0 Å². The summed E-state index contributed by atoms with van der Waals surface area (Å²) >= 11 is 0. The monoisotopic (exact) mass is 347 g/mol. The second-order valence-electron chi connectivity index (χ2n) is 6.49. The largest absolute Gasteiger partial charge is 0.508 e. The molecule has 0 saturated carbocycles. The molecule has 1 aromatic heterocycles. The molecule has 0 aliphatic heterocycles. The highest BCUT2D eigenvalue weighted by atomic mass is 16.3. The molecule has 0 radical (unpaired) electrons. The van der Waals surface area contributed by atoms with Crippen molar-refractivity contribution in [1.29, 1.82) is 0 Å². The lowest BCUT2D eigenvalue weighted by Crippen LogP contribution is -2.15. The standard InChI is InChI=1S/C22H21NO3/c1-15-5-6-17(22(26)13-15)3-2-4-20(24)19-14-18(7-8-21(19)25)16-9-11-23-12-10-16/h5-7,9-14,26H,2-4,8H2,1H3. The van der Waals surface area contributed by atoms with Crippen molar-refractivity contribution < 1.29 is 14.7 Å². The molecule has 1 heterocycles. The van der Waals surface area contributed by atoms with Crippen LogP contribution in [0.15, 0.2) is 60.5 Å². The Hall–Kier alpha value is -3.01. The van der Waals surface area contributed by atoms with Gasteiger partial charge in [0.15, 0.2) is 11.6 Å².